The van der Waals surface area contributed by atoms with Crippen LogP contribution >= 0.6 is 0 Å². The van der Waals surface area contributed by atoms with Crippen LogP contribution in [0.25, 0.3) is 0 Å². The second-order valence-electron chi connectivity index (χ2n) is 6.47. The Bertz CT molecular complexity index is 489. The first kappa shape index (κ1) is 15.9. The van der Waals surface area contributed by atoms with Crippen molar-refractivity contribution in [2.75, 3.05) is 20.3 Å². The Labute approximate surface area is 130 Å². The minimum Gasteiger partial charge on any atom is -0.393 e. The van der Waals surface area contributed by atoms with Gasteiger partial charge in [0.25, 0.3) is 0 Å². The van der Waals surface area contributed by atoms with Gasteiger partial charge < -0.3 is 19.7 Å². The van der Waals surface area contributed by atoms with Crippen molar-refractivity contribution in [3.05, 3.63) is 11.9 Å². The Hall–Kier alpha value is -1.02. The molecule has 1 aliphatic carbocycles. The molecule has 0 amide bonds. The molecule has 3 rings (SSSR count). The smallest absolute Gasteiger partial charge is 0.137 e. The van der Waals surface area contributed by atoms with Crippen LogP contribution in [0, 0.1) is 0 Å². The Balaban J connectivity index is 1.70. The van der Waals surface area contributed by atoms with E-state index in [-0.39, 0.29) is 12.7 Å². The molecular weight excluding hydrogens is 286 g/mol. The quantitative estimate of drug-likeness (QED) is 0.821. The molecule has 0 spiro atoms. The molecule has 0 aromatic carbocycles. The van der Waals surface area contributed by atoms with Crippen molar-refractivity contribution in [2.45, 2.75) is 62.4 Å². The third-order valence-electron chi connectivity index (χ3n) is 5.01. The van der Waals surface area contributed by atoms with Gasteiger partial charge in [-0.2, -0.15) is 0 Å². The van der Waals surface area contributed by atoms with Gasteiger partial charge in [-0.05, 0) is 12.8 Å². The van der Waals surface area contributed by atoms with Crippen molar-refractivity contribution >= 4 is 0 Å². The van der Waals surface area contributed by atoms with Crippen molar-refractivity contribution in [3.8, 4) is 0 Å². The van der Waals surface area contributed by atoms with E-state index in [1.807, 2.05) is 6.20 Å². The number of aliphatic hydroxyl groups excluding tert-OH is 2. The summed E-state index contributed by atoms with van der Waals surface area (Å²) in [7, 11) is 1.60. The van der Waals surface area contributed by atoms with Gasteiger partial charge in [-0.1, -0.05) is 18.1 Å². The second-order valence-corrected chi connectivity index (χ2v) is 6.47. The van der Waals surface area contributed by atoms with Crippen molar-refractivity contribution in [1.29, 1.82) is 0 Å². The summed E-state index contributed by atoms with van der Waals surface area (Å²) in [5.41, 5.74) is -0.0268. The zero-order valence-electron chi connectivity index (χ0n) is 13.0. The van der Waals surface area contributed by atoms with E-state index in [2.05, 4.69) is 10.3 Å². The lowest BCUT2D eigenvalue weighted by Gasteiger charge is -2.42. The summed E-state index contributed by atoms with van der Waals surface area (Å²) in [6.07, 6.45) is 6.26. The molecule has 124 valence electrons. The molecule has 2 aliphatic rings. The maximum Gasteiger partial charge on any atom is 0.137 e. The van der Waals surface area contributed by atoms with Gasteiger partial charge in [0, 0.05) is 25.6 Å². The molecule has 2 fully saturated rings. The van der Waals surface area contributed by atoms with Gasteiger partial charge in [-0.3, -0.25) is 0 Å². The molecule has 7 nitrogen and oxygen atoms in total. The zero-order valence-corrected chi connectivity index (χ0v) is 13.0. The van der Waals surface area contributed by atoms with Crippen molar-refractivity contribution in [1.82, 2.24) is 15.0 Å². The molecule has 0 bridgehead atoms. The molecule has 22 heavy (non-hydrogen) atoms. The van der Waals surface area contributed by atoms with E-state index in [1.165, 1.54) is 25.7 Å². The lowest BCUT2D eigenvalue weighted by atomic mass is 9.90. The predicted molar refractivity (Wildman–Crippen MR) is 78.4 cm³/mol. The highest BCUT2D eigenvalue weighted by Gasteiger charge is 2.45. The molecule has 1 aliphatic heterocycles. The number of nitrogens with zero attached hydrogens (tertiary/aromatic N) is 3. The van der Waals surface area contributed by atoms with E-state index in [1.54, 1.807) is 11.8 Å². The van der Waals surface area contributed by atoms with E-state index < -0.39 is 11.7 Å². The SMILES string of the molecule is COC1COC(CO)(Cn2cc(C3CCCC3)nn2)C(O)C1. The van der Waals surface area contributed by atoms with E-state index >= 15 is 0 Å². The summed E-state index contributed by atoms with van der Waals surface area (Å²) < 4.78 is 12.7. The molecule has 0 radical (unpaired) electrons. The first-order valence-corrected chi connectivity index (χ1v) is 8.02. The molecule has 3 unspecified atom stereocenters. The maximum absolute atomic E-state index is 10.4. The van der Waals surface area contributed by atoms with Gasteiger partial charge in [-0.25, -0.2) is 4.68 Å². The molecule has 1 saturated heterocycles. The number of aromatic nitrogens is 3. The summed E-state index contributed by atoms with van der Waals surface area (Å²) in [6, 6.07) is 0. The summed E-state index contributed by atoms with van der Waals surface area (Å²) in [6.45, 7) is 0.391. The number of hydrogen-bond acceptors (Lipinski definition) is 6. The largest absolute Gasteiger partial charge is 0.393 e. The summed E-state index contributed by atoms with van der Waals surface area (Å²) in [5.74, 6) is 0.494. The Morgan fingerprint density at radius 2 is 2.23 bits per heavy atom. The Morgan fingerprint density at radius 1 is 1.45 bits per heavy atom. The van der Waals surface area contributed by atoms with Crippen LogP contribution in [0.2, 0.25) is 0 Å². The fraction of sp³-hybridized carbons (Fsp3) is 0.867. The number of hydrogen-bond donors (Lipinski definition) is 2. The van der Waals surface area contributed by atoms with E-state index in [4.69, 9.17) is 9.47 Å². The van der Waals surface area contributed by atoms with Crippen LogP contribution in [0.15, 0.2) is 6.20 Å². The van der Waals surface area contributed by atoms with Crippen molar-refractivity contribution in [2.24, 2.45) is 0 Å². The lowest BCUT2D eigenvalue weighted by Crippen LogP contribution is -2.57. The molecule has 2 N–H and O–H groups in total. The summed E-state index contributed by atoms with van der Waals surface area (Å²) in [4.78, 5) is 0. The van der Waals surface area contributed by atoms with Gasteiger partial charge >= 0.3 is 0 Å². The van der Waals surface area contributed by atoms with Crippen LogP contribution in [0.4, 0.5) is 0 Å². The molecule has 1 aromatic heterocycles. The monoisotopic (exact) mass is 311 g/mol. The maximum atomic E-state index is 10.4. The van der Waals surface area contributed by atoms with Crippen LogP contribution in [0.3, 0.4) is 0 Å². The number of methoxy groups -OCH3 is 1. The number of rotatable bonds is 5. The Kier molecular flexibility index (Phi) is 4.77. The first-order chi connectivity index (χ1) is 10.7. The molecule has 1 aromatic rings. The minimum atomic E-state index is -1.03. The minimum absolute atomic E-state index is 0.139. The fourth-order valence-corrected chi connectivity index (χ4v) is 3.48. The topological polar surface area (TPSA) is 89.6 Å². The van der Waals surface area contributed by atoms with Crippen molar-refractivity contribution < 1.29 is 19.7 Å². The molecule has 3 atom stereocenters. The third-order valence-corrected chi connectivity index (χ3v) is 5.01. The molecule has 7 heteroatoms. The third kappa shape index (κ3) is 3.03. The summed E-state index contributed by atoms with van der Waals surface area (Å²) >= 11 is 0. The summed E-state index contributed by atoms with van der Waals surface area (Å²) in [5, 5.41) is 28.5. The molecular formula is C15H25N3O4. The second kappa shape index (κ2) is 6.62. The van der Waals surface area contributed by atoms with Crippen LogP contribution in [-0.4, -0.2) is 63.3 Å². The predicted octanol–water partition coefficient (Wildman–Crippen LogP) is 0.463. The number of aliphatic hydroxyl groups is 2. The standard InChI is InChI=1S/C15H25N3O4/c1-21-12-6-14(20)15(10-19,22-8-12)9-18-7-13(16-17-18)11-4-2-3-5-11/h7,11-12,14,19-20H,2-6,8-10H2,1H3. The Morgan fingerprint density at radius 3 is 2.86 bits per heavy atom. The molecule has 1 saturated carbocycles. The van der Waals surface area contributed by atoms with Gasteiger partial charge in [0.2, 0.25) is 0 Å². The van der Waals surface area contributed by atoms with Crippen LogP contribution in [0.5, 0.6) is 0 Å². The van der Waals surface area contributed by atoms with E-state index in [9.17, 15) is 10.2 Å². The molecule has 2 heterocycles. The fourth-order valence-electron chi connectivity index (χ4n) is 3.48. The van der Waals surface area contributed by atoms with Gasteiger partial charge in [0.15, 0.2) is 0 Å². The average Bonchev–Trinajstić information content (AvgIpc) is 3.20. The van der Waals surface area contributed by atoms with Gasteiger partial charge in [0.1, 0.15) is 5.60 Å². The van der Waals surface area contributed by atoms with E-state index in [0.29, 0.717) is 25.5 Å². The van der Waals surface area contributed by atoms with Crippen LogP contribution in [0.1, 0.15) is 43.7 Å². The van der Waals surface area contributed by atoms with E-state index in [0.717, 1.165) is 5.69 Å². The normalized spacial score (nSPS) is 33.4. The number of ether oxygens (including phenoxy) is 2. The van der Waals surface area contributed by atoms with Gasteiger partial charge in [0.05, 0.1) is 37.7 Å². The van der Waals surface area contributed by atoms with Crippen LogP contribution < -0.4 is 0 Å². The highest BCUT2D eigenvalue weighted by molar-refractivity contribution is 5.05. The average molecular weight is 311 g/mol. The first-order valence-electron chi connectivity index (χ1n) is 8.02. The zero-order chi connectivity index (χ0) is 15.6. The highest BCUT2D eigenvalue weighted by Crippen LogP contribution is 2.33. The highest BCUT2D eigenvalue weighted by atomic mass is 16.6. The van der Waals surface area contributed by atoms with Gasteiger partial charge in [-0.15, -0.1) is 5.10 Å². The lowest BCUT2D eigenvalue weighted by molar-refractivity contribution is -0.214. The van der Waals surface area contributed by atoms with Crippen molar-refractivity contribution in [3.63, 3.8) is 0 Å². The van der Waals surface area contributed by atoms with Crippen LogP contribution in [-0.2, 0) is 16.0 Å².